The molecule has 1 aliphatic carbocycles. The summed E-state index contributed by atoms with van der Waals surface area (Å²) in [6, 6.07) is 0. The van der Waals surface area contributed by atoms with Gasteiger partial charge >= 0.3 is 0 Å². The highest BCUT2D eigenvalue weighted by Crippen LogP contribution is 2.34. The molecule has 3 heteroatoms. The Kier molecular flexibility index (Phi) is 2.88. The summed E-state index contributed by atoms with van der Waals surface area (Å²) in [5.74, 6) is 0.260. The molecular weight excluding hydrogens is 178 g/mol. The second-order valence-electron chi connectivity index (χ2n) is 4.61. The lowest BCUT2D eigenvalue weighted by atomic mass is 10.0. The molecule has 0 radical (unpaired) electrons. The Bertz CT molecular complexity index is 217. The van der Waals surface area contributed by atoms with E-state index in [1.807, 2.05) is 0 Å². The molecule has 0 bridgehead atoms. The van der Waals surface area contributed by atoms with Crippen molar-refractivity contribution in [3.63, 3.8) is 0 Å². The van der Waals surface area contributed by atoms with E-state index >= 15 is 0 Å². The van der Waals surface area contributed by atoms with E-state index in [-0.39, 0.29) is 5.78 Å². The predicted molar refractivity (Wildman–Crippen MR) is 54.0 cm³/mol. The highest BCUT2D eigenvalue weighted by Gasteiger charge is 2.44. The van der Waals surface area contributed by atoms with Crippen LogP contribution in [0.15, 0.2) is 0 Å². The van der Waals surface area contributed by atoms with E-state index in [2.05, 4.69) is 0 Å². The monoisotopic (exact) mass is 197 g/mol. The molecule has 3 nitrogen and oxygen atoms in total. The fraction of sp³-hybridized carbons (Fsp3) is 0.909. The number of Topliss-reactive ketones (excluding diaryl/α,β-unsaturated/α-hetero) is 1. The molecule has 14 heavy (non-hydrogen) atoms. The highest BCUT2D eigenvalue weighted by atomic mass is 16.5. The Morgan fingerprint density at radius 2 is 2.29 bits per heavy atom. The van der Waals surface area contributed by atoms with Gasteiger partial charge in [-0.05, 0) is 38.5 Å². The van der Waals surface area contributed by atoms with Gasteiger partial charge in [-0.15, -0.1) is 0 Å². The van der Waals surface area contributed by atoms with Crippen molar-refractivity contribution in [1.82, 2.24) is 0 Å². The summed E-state index contributed by atoms with van der Waals surface area (Å²) in [6.07, 6.45) is 7.18. The molecule has 2 fully saturated rings. The lowest BCUT2D eigenvalue weighted by Gasteiger charge is -2.10. The number of carbonyl (C=O) groups excluding carboxylic acids is 1. The van der Waals surface area contributed by atoms with Crippen LogP contribution in [-0.4, -0.2) is 24.0 Å². The van der Waals surface area contributed by atoms with Crippen LogP contribution in [0.5, 0.6) is 0 Å². The summed E-state index contributed by atoms with van der Waals surface area (Å²) in [5.41, 5.74) is 5.38. The first-order chi connectivity index (χ1) is 6.71. The standard InChI is InChI=1S/C11H19NO2/c12-11(6-7-11)10(13)5-1-3-9-4-2-8-14-9/h9H,1-8,12H2. The molecule has 1 aliphatic heterocycles. The van der Waals surface area contributed by atoms with E-state index < -0.39 is 5.54 Å². The fourth-order valence-corrected chi connectivity index (χ4v) is 2.02. The third kappa shape index (κ3) is 2.34. The molecule has 80 valence electrons. The first-order valence-corrected chi connectivity index (χ1v) is 5.64. The number of ketones is 1. The molecule has 1 unspecified atom stereocenters. The van der Waals surface area contributed by atoms with E-state index in [1.54, 1.807) is 0 Å². The zero-order valence-corrected chi connectivity index (χ0v) is 8.63. The van der Waals surface area contributed by atoms with E-state index in [0.29, 0.717) is 12.5 Å². The summed E-state index contributed by atoms with van der Waals surface area (Å²) in [4.78, 5) is 11.5. The molecule has 1 atom stereocenters. The lowest BCUT2D eigenvalue weighted by Crippen LogP contribution is -2.32. The first kappa shape index (κ1) is 10.1. The zero-order valence-electron chi connectivity index (χ0n) is 8.63. The number of rotatable bonds is 5. The number of ether oxygens (including phenoxy) is 1. The first-order valence-electron chi connectivity index (χ1n) is 5.64. The van der Waals surface area contributed by atoms with Crippen molar-refractivity contribution in [3.8, 4) is 0 Å². The highest BCUT2D eigenvalue weighted by molar-refractivity contribution is 5.90. The van der Waals surface area contributed by atoms with Crippen molar-refractivity contribution in [3.05, 3.63) is 0 Å². The van der Waals surface area contributed by atoms with Crippen LogP contribution < -0.4 is 5.73 Å². The summed E-state index contributed by atoms with van der Waals surface area (Å²) in [7, 11) is 0. The van der Waals surface area contributed by atoms with Crippen LogP contribution in [0.25, 0.3) is 0 Å². The molecule has 1 saturated carbocycles. The van der Waals surface area contributed by atoms with Crippen molar-refractivity contribution < 1.29 is 9.53 Å². The Morgan fingerprint density at radius 3 is 2.86 bits per heavy atom. The second-order valence-corrected chi connectivity index (χ2v) is 4.61. The maximum Gasteiger partial charge on any atom is 0.152 e. The van der Waals surface area contributed by atoms with Gasteiger partial charge in [-0.25, -0.2) is 0 Å². The molecule has 0 amide bonds. The van der Waals surface area contributed by atoms with Gasteiger partial charge in [0.25, 0.3) is 0 Å². The molecule has 2 rings (SSSR count). The van der Waals surface area contributed by atoms with Crippen LogP contribution in [-0.2, 0) is 9.53 Å². The van der Waals surface area contributed by atoms with Gasteiger partial charge in [0.2, 0.25) is 0 Å². The summed E-state index contributed by atoms with van der Waals surface area (Å²) >= 11 is 0. The van der Waals surface area contributed by atoms with Crippen LogP contribution in [0.3, 0.4) is 0 Å². The minimum absolute atomic E-state index is 0.260. The molecule has 1 saturated heterocycles. The number of hydrogen-bond donors (Lipinski definition) is 1. The molecule has 0 aromatic rings. The number of carbonyl (C=O) groups is 1. The molecule has 0 spiro atoms. The molecule has 2 N–H and O–H groups in total. The minimum atomic E-state index is -0.420. The topological polar surface area (TPSA) is 52.3 Å². The van der Waals surface area contributed by atoms with Crippen LogP contribution in [0.4, 0.5) is 0 Å². The predicted octanol–water partition coefficient (Wildman–Crippen LogP) is 1.40. The average molecular weight is 197 g/mol. The molecule has 2 aliphatic rings. The molecule has 0 aromatic carbocycles. The van der Waals surface area contributed by atoms with Gasteiger partial charge < -0.3 is 10.5 Å². The van der Waals surface area contributed by atoms with Gasteiger partial charge in [-0.2, -0.15) is 0 Å². The maximum absolute atomic E-state index is 11.5. The van der Waals surface area contributed by atoms with Crippen molar-refractivity contribution in [2.24, 2.45) is 5.73 Å². The zero-order chi connectivity index (χ0) is 10.0. The number of nitrogens with two attached hydrogens (primary N) is 1. The molecule has 1 heterocycles. The van der Waals surface area contributed by atoms with Crippen molar-refractivity contribution in [2.75, 3.05) is 6.61 Å². The van der Waals surface area contributed by atoms with Gasteiger partial charge in [-0.3, -0.25) is 4.79 Å². The summed E-state index contributed by atoms with van der Waals surface area (Å²) in [5, 5.41) is 0. The van der Waals surface area contributed by atoms with E-state index in [4.69, 9.17) is 10.5 Å². The van der Waals surface area contributed by atoms with Crippen LogP contribution in [0, 0.1) is 0 Å². The Labute approximate surface area is 85.0 Å². The van der Waals surface area contributed by atoms with E-state index in [9.17, 15) is 4.79 Å². The van der Waals surface area contributed by atoms with Gasteiger partial charge in [0.15, 0.2) is 5.78 Å². The van der Waals surface area contributed by atoms with Gasteiger partial charge in [-0.1, -0.05) is 0 Å². The molecule has 0 aromatic heterocycles. The normalized spacial score (nSPS) is 29.1. The third-order valence-corrected chi connectivity index (χ3v) is 3.30. The smallest absolute Gasteiger partial charge is 0.152 e. The summed E-state index contributed by atoms with van der Waals surface area (Å²) in [6.45, 7) is 0.902. The van der Waals surface area contributed by atoms with Crippen molar-refractivity contribution in [1.29, 1.82) is 0 Å². The lowest BCUT2D eigenvalue weighted by molar-refractivity contribution is -0.121. The quantitative estimate of drug-likeness (QED) is 0.724. The van der Waals surface area contributed by atoms with Crippen molar-refractivity contribution in [2.45, 2.75) is 56.6 Å². The largest absolute Gasteiger partial charge is 0.378 e. The number of hydrogen-bond acceptors (Lipinski definition) is 3. The maximum atomic E-state index is 11.5. The second kappa shape index (κ2) is 3.99. The third-order valence-electron chi connectivity index (χ3n) is 3.30. The summed E-state index contributed by atoms with van der Waals surface area (Å²) < 4.78 is 5.49. The average Bonchev–Trinajstić information content (AvgIpc) is 2.73. The Balaban J connectivity index is 1.60. The SMILES string of the molecule is NC1(C(=O)CCCC2CCCO2)CC1. The molecular formula is C11H19NO2. The van der Waals surface area contributed by atoms with Crippen LogP contribution in [0.1, 0.15) is 44.9 Å². The van der Waals surface area contributed by atoms with Gasteiger partial charge in [0.1, 0.15) is 0 Å². The van der Waals surface area contributed by atoms with Crippen LogP contribution >= 0.6 is 0 Å². The van der Waals surface area contributed by atoms with Crippen molar-refractivity contribution >= 4 is 5.78 Å². The Morgan fingerprint density at radius 1 is 1.50 bits per heavy atom. The van der Waals surface area contributed by atoms with Gasteiger partial charge in [0.05, 0.1) is 11.6 Å². The van der Waals surface area contributed by atoms with Gasteiger partial charge in [0, 0.05) is 13.0 Å². The Hall–Kier alpha value is -0.410. The van der Waals surface area contributed by atoms with Crippen LogP contribution in [0.2, 0.25) is 0 Å². The fourth-order valence-electron chi connectivity index (χ4n) is 2.02. The van der Waals surface area contributed by atoms with E-state index in [0.717, 1.165) is 32.3 Å². The van der Waals surface area contributed by atoms with E-state index in [1.165, 1.54) is 12.8 Å². The minimum Gasteiger partial charge on any atom is -0.378 e.